The van der Waals surface area contributed by atoms with Crippen molar-refractivity contribution < 1.29 is 14.3 Å². The average Bonchev–Trinajstić information content (AvgIpc) is 3.25. The number of hydrogen-bond acceptors (Lipinski definition) is 5. The predicted molar refractivity (Wildman–Crippen MR) is 96.3 cm³/mol. The van der Waals surface area contributed by atoms with Crippen molar-refractivity contribution in [2.75, 3.05) is 11.9 Å². The zero-order valence-corrected chi connectivity index (χ0v) is 14.7. The number of carbonyl (C=O) groups excluding carboxylic acids is 2. The van der Waals surface area contributed by atoms with Crippen molar-refractivity contribution in [3.8, 4) is 5.69 Å². The van der Waals surface area contributed by atoms with Gasteiger partial charge in [-0.1, -0.05) is 18.2 Å². The van der Waals surface area contributed by atoms with Crippen LogP contribution in [0.15, 0.2) is 47.2 Å². The minimum Gasteiger partial charge on any atom is -0.452 e. The molecule has 2 aromatic heterocycles. The molecule has 0 aliphatic carbocycles. The van der Waals surface area contributed by atoms with E-state index in [1.54, 1.807) is 21.5 Å². The zero-order chi connectivity index (χ0) is 17.8. The van der Waals surface area contributed by atoms with Gasteiger partial charge in [0.2, 0.25) is 0 Å². The Kier molecular flexibility index (Phi) is 4.95. The Bertz CT molecular complexity index is 886. The highest BCUT2D eigenvalue weighted by molar-refractivity contribution is 7.08. The molecule has 0 radical (unpaired) electrons. The summed E-state index contributed by atoms with van der Waals surface area (Å²) in [4.78, 5) is 23.9. The molecular weight excluding hydrogens is 338 g/mol. The van der Waals surface area contributed by atoms with Crippen LogP contribution in [0.1, 0.15) is 21.7 Å². The third-order valence-electron chi connectivity index (χ3n) is 3.65. The maximum absolute atomic E-state index is 12.1. The summed E-state index contributed by atoms with van der Waals surface area (Å²) in [6.07, 6.45) is 0. The number of anilines is 1. The molecule has 128 valence electrons. The van der Waals surface area contributed by atoms with Crippen molar-refractivity contribution in [1.82, 2.24) is 9.78 Å². The van der Waals surface area contributed by atoms with Crippen LogP contribution in [-0.4, -0.2) is 28.3 Å². The summed E-state index contributed by atoms with van der Waals surface area (Å²) < 4.78 is 6.79. The number of nitrogens with zero attached hydrogens (tertiary/aromatic N) is 2. The van der Waals surface area contributed by atoms with Gasteiger partial charge in [0.15, 0.2) is 6.61 Å². The first-order valence-corrected chi connectivity index (χ1v) is 8.61. The normalized spacial score (nSPS) is 10.5. The molecule has 3 rings (SSSR count). The number of para-hydroxylation sites is 1. The summed E-state index contributed by atoms with van der Waals surface area (Å²) in [6, 6.07) is 11.3. The Hall–Kier alpha value is -2.93. The van der Waals surface area contributed by atoms with E-state index < -0.39 is 11.9 Å². The van der Waals surface area contributed by atoms with Crippen LogP contribution in [0.2, 0.25) is 0 Å². The number of esters is 1. The van der Waals surface area contributed by atoms with Gasteiger partial charge in [-0.2, -0.15) is 16.4 Å². The van der Waals surface area contributed by atoms with Crippen molar-refractivity contribution in [2.24, 2.45) is 0 Å². The van der Waals surface area contributed by atoms with Crippen LogP contribution in [0.3, 0.4) is 0 Å². The number of nitrogens with one attached hydrogen (secondary N) is 1. The highest BCUT2D eigenvalue weighted by atomic mass is 32.1. The fraction of sp³-hybridized carbons (Fsp3) is 0.167. The third kappa shape index (κ3) is 3.77. The van der Waals surface area contributed by atoms with E-state index in [-0.39, 0.29) is 6.61 Å². The molecule has 0 fully saturated rings. The third-order valence-corrected chi connectivity index (χ3v) is 4.33. The molecule has 3 aromatic rings. The summed E-state index contributed by atoms with van der Waals surface area (Å²) in [5.41, 5.74) is 3.48. The Morgan fingerprint density at radius 2 is 1.96 bits per heavy atom. The largest absolute Gasteiger partial charge is 0.452 e. The van der Waals surface area contributed by atoms with Gasteiger partial charge in [-0.05, 0) is 37.4 Å². The molecule has 7 heteroatoms. The molecule has 1 amide bonds. The number of hydrogen-bond donors (Lipinski definition) is 1. The topological polar surface area (TPSA) is 73.2 Å². The monoisotopic (exact) mass is 355 g/mol. The van der Waals surface area contributed by atoms with Crippen LogP contribution < -0.4 is 5.32 Å². The van der Waals surface area contributed by atoms with Crippen molar-refractivity contribution in [2.45, 2.75) is 13.8 Å². The number of aryl methyl sites for hydroxylation is 1. The van der Waals surface area contributed by atoms with Gasteiger partial charge in [0.25, 0.3) is 5.91 Å². The minimum atomic E-state index is -0.509. The van der Waals surface area contributed by atoms with Crippen LogP contribution in [0.5, 0.6) is 0 Å². The molecule has 0 aliphatic heterocycles. The highest BCUT2D eigenvalue weighted by Gasteiger charge is 2.16. The van der Waals surface area contributed by atoms with E-state index in [1.165, 1.54) is 11.3 Å². The van der Waals surface area contributed by atoms with E-state index in [9.17, 15) is 9.59 Å². The van der Waals surface area contributed by atoms with Gasteiger partial charge in [0, 0.05) is 5.38 Å². The van der Waals surface area contributed by atoms with E-state index >= 15 is 0 Å². The molecule has 0 atom stereocenters. The summed E-state index contributed by atoms with van der Waals surface area (Å²) in [7, 11) is 0. The molecule has 2 heterocycles. The number of ether oxygens (including phenoxy) is 1. The fourth-order valence-electron chi connectivity index (χ4n) is 2.41. The van der Waals surface area contributed by atoms with Gasteiger partial charge in [0.1, 0.15) is 0 Å². The molecular formula is C18H17N3O3S. The summed E-state index contributed by atoms with van der Waals surface area (Å²) >= 11 is 1.40. The van der Waals surface area contributed by atoms with Gasteiger partial charge >= 0.3 is 5.97 Å². The lowest BCUT2D eigenvalue weighted by Gasteiger charge is -2.07. The summed E-state index contributed by atoms with van der Waals surface area (Å²) in [5.74, 6) is -0.910. The molecule has 1 N–H and O–H groups in total. The van der Waals surface area contributed by atoms with E-state index in [2.05, 4.69) is 10.4 Å². The molecule has 0 aliphatic rings. The summed E-state index contributed by atoms with van der Waals surface area (Å²) in [5, 5.41) is 10.7. The van der Waals surface area contributed by atoms with Crippen molar-refractivity contribution in [3.05, 3.63) is 64.1 Å². The van der Waals surface area contributed by atoms with Gasteiger partial charge in [0.05, 0.1) is 28.3 Å². The van der Waals surface area contributed by atoms with Gasteiger partial charge < -0.3 is 10.1 Å². The van der Waals surface area contributed by atoms with E-state index in [0.29, 0.717) is 16.9 Å². The maximum atomic E-state index is 12.1. The van der Waals surface area contributed by atoms with Crippen LogP contribution in [-0.2, 0) is 9.53 Å². The average molecular weight is 355 g/mol. The first-order valence-electron chi connectivity index (χ1n) is 7.67. The standard InChI is InChI=1S/C18H17N3O3S/c1-12-17(13(2)21(20-12)15-6-4-3-5-7-15)19-16(22)10-24-18(23)14-8-9-25-11-14/h3-9,11H,10H2,1-2H3,(H,19,22). The smallest absolute Gasteiger partial charge is 0.339 e. The first-order chi connectivity index (χ1) is 12.1. The van der Waals surface area contributed by atoms with Crippen molar-refractivity contribution >= 4 is 28.9 Å². The number of thiophene rings is 1. The second-order valence-electron chi connectivity index (χ2n) is 5.43. The first kappa shape index (κ1) is 16.9. The van der Waals surface area contributed by atoms with Crippen LogP contribution >= 0.6 is 11.3 Å². The number of rotatable bonds is 5. The van der Waals surface area contributed by atoms with E-state index in [4.69, 9.17) is 4.74 Å². The Balaban J connectivity index is 1.67. The Labute approximate surface area is 149 Å². The van der Waals surface area contributed by atoms with Crippen LogP contribution in [0.25, 0.3) is 5.69 Å². The number of aromatic nitrogens is 2. The number of amides is 1. The molecule has 25 heavy (non-hydrogen) atoms. The molecule has 0 unspecified atom stereocenters. The predicted octanol–water partition coefficient (Wildman–Crippen LogP) is 3.35. The Morgan fingerprint density at radius 1 is 1.20 bits per heavy atom. The van der Waals surface area contributed by atoms with Gasteiger partial charge in [-0.15, -0.1) is 0 Å². The quantitative estimate of drug-likeness (QED) is 0.713. The fourth-order valence-corrected chi connectivity index (χ4v) is 3.04. The lowest BCUT2D eigenvalue weighted by Crippen LogP contribution is -2.21. The lowest BCUT2D eigenvalue weighted by atomic mass is 10.3. The van der Waals surface area contributed by atoms with Crippen molar-refractivity contribution in [1.29, 1.82) is 0 Å². The van der Waals surface area contributed by atoms with Gasteiger partial charge in [-0.25, -0.2) is 9.48 Å². The SMILES string of the molecule is Cc1nn(-c2ccccc2)c(C)c1NC(=O)COC(=O)c1ccsc1. The lowest BCUT2D eigenvalue weighted by molar-refractivity contribution is -0.119. The minimum absolute atomic E-state index is 0.343. The summed E-state index contributed by atoms with van der Waals surface area (Å²) in [6.45, 7) is 3.35. The van der Waals surface area contributed by atoms with Crippen LogP contribution in [0.4, 0.5) is 5.69 Å². The van der Waals surface area contributed by atoms with Crippen LogP contribution in [0, 0.1) is 13.8 Å². The zero-order valence-electron chi connectivity index (χ0n) is 13.9. The second-order valence-corrected chi connectivity index (χ2v) is 6.21. The molecule has 0 saturated heterocycles. The molecule has 0 bridgehead atoms. The van der Waals surface area contributed by atoms with E-state index in [0.717, 1.165) is 11.4 Å². The highest BCUT2D eigenvalue weighted by Crippen LogP contribution is 2.22. The molecule has 0 spiro atoms. The number of benzene rings is 1. The van der Waals surface area contributed by atoms with Crippen molar-refractivity contribution in [3.63, 3.8) is 0 Å². The molecule has 0 saturated carbocycles. The molecule has 6 nitrogen and oxygen atoms in total. The molecule has 1 aromatic carbocycles. The van der Waals surface area contributed by atoms with Gasteiger partial charge in [-0.3, -0.25) is 4.79 Å². The Morgan fingerprint density at radius 3 is 2.64 bits per heavy atom. The number of carbonyl (C=O) groups is 2. The second kappa shape index (κ2) is 7.31. The maximum Gasteiger partial charge on any atom is 0.339 e. The van der Waals surface area contributed by atoms with E-state index in [1.807, 2.05) is 44.2 Å².